The van der Waals surface area contributed by atoms with Gasteiger partial charge in [-0.2, -0.15) is 5.48 Å². The average Bonchev–Trinajstić information content (AvgIpc) is 3.07. The molecule has 0 aliphatic heterocycles. The minimum atomic E-state index is -0.583. The number of hydrogen-bond acceptors (Lipinski definition) is 7. The lowest BCUT2D eigenvalue weighted by Crippen LogP contribution is -2.12. The van der Waals surface area contributed by atoms with Gasteiger partial charge in [-0.25, -0.2) is 4.63 Å². The summed E-state index contributed by atoms with van der Waals surface area (Å²) in [6.07, 6.45) is 1.29. The molecule has 0 spiro atoms. The molecule has 2 aromatic carbocycles. The second-order valence-electron chi connectivity index (χ2n) is 4.85. The highest BCUT2D eigenvalue weighted by Crippen LogP contribution is 2.23. The number of benzene rings is 2. The third-order valence-electron chi connectivity index (χ3n) is 3.18. The smallest absolute Gasteiger partial charge is 0.249 e. The van der Waals surface area contributed by atoms with Crippen LogP contribution in [0.5, 0.6) is 0 Å². The van der Waals surface area contributed by atoms with Crippen LogP contribution in [0.25, 0.3) is 11.3 Å². The van der Waals surface area contributed by atoms with Crippen LogP contribution in [0.3, 0.4) is 0 Å². The number of aromatic nitrogens is 2. The Bertz CT molecular complexity index is 925. The zero-order chi connectivity index (χ0) is 17.6. The van der Waals surface area contributed by atoms with Gasteiger partial charge in [0.25, 0.3) is 0 Å². The first kappa shape index (κ1) is 16.5. The molecular weight excluding hydrogens is 346 g/mol. The molecule has 0 saturated carbocycles. The van der Waals surface area contributed by atoms with Gasteiger partial charge in [0.05, 0.1) is 5.69 Å². The topological polar surface area (TPSA) is 116 Å². The Balaban J connectivity index is 1.75. The summed E-state index contributed by atoms with van der Waals surface area (Å²) in [6.45, 7) is 0. The molecule has 0 unspecified atom stereocenters. The zero-order valence-electron chi connectivity index (χ0n) is 12.7. The number of primary amides is 1. The molecule has 0 aliphatic carbocycles. The molecule has 0 saturated heterocycles. The van der Waals surface area contributed by atoms with Gasteiger partial charge in [0.2, 0.25) is 5.91 Å². The van der Waals surface area contributed by atoms with Gasteiger partial charge < -0.3 is 5.73 Å². The van der Waals surface area contributed by atoms with Crippen molar-refractivity contribution in [1.29, 1.82) is 0 Å². The van der Waals surface area contributed by atoms with Crippen molar-refractivity contribution in [1.82, 2.24) is 10.3 Å². The molecule has 8 nitrogen and oxygen atoms in total. The van der Waals surface area contributed by atoms with E-state index in [4.69, 9.17) is 26.9 Å². The van der Waals surface area contributed by atoms with Crippen LogP contribution in [0.4, 0.5) is 5.69 Å². The van der Waals surface area contributed by atoms with Crippen molar-refractivity contribution < 1.29 is 14.4 Å². The highest BCUT2D eigenvalue weighted by atomic mass is 35.5. The summed E-state index contributed by atoms with van der Waals surface area (Å²) >= 11 is 5.87. The standard InChI is InChI=1S/C16H12ClN5O3/c17-10-4-3-5-11(8-10)20-24-19-9-14-15(22-25-21-14)12-6-1-2-7-13(12)16(18)23/h1-9,20H,(H2,18,23)/b19-9+. The molecule has 1 aromatic heterocycles. The first-order valence-corrected chi connectivity index (χ1v) is 7.45. The molecule has 25 heavy (non-hydrogen) atoms. The monoisotopic (exact) mass is 357 g/mol. The van der Waals surface area contributed by atoms with Gasteiger partial charge in [-0.3, -0.25) is 9.73 Å². The second kappa shape index (κ2) is 7.45. The number of hydrogen-bond donors (Lipinski definition) is 2. The molecule has 126 valence electrons. The number of rotatable bonds is 6. The van der Waals surface area contributed by atoms with Gasteiger partial charge in [0, 0.05) is 16.1 Å². The van der Waals surface area contributed by atoms with Crippen molar-refractivity contribution in [2.75, 3.05) is 5.48 Å². The Morgan fingerprint density at radius 3 is 2.88 bits per heavy atom. The molecule has 0 fully saturated rings. The Kier molecular flexibility index (Phi) is 4.91. The van der Waals surface area contributed by atoms with Gasteiger partial charge >= 0.3 is 0 Å². The molecule has 3 aromatic rings. The lowest BCUT2D eigenvalue weighted by molar-refractivity contribution is 0.100. The third-order valence-corrected chi connectivity index (χ3v) is 3.41. The maximum atomic E-state index is 11.5. The van der Waals surface area contributed by atoms with Crippen LogP contribution in [-0.4, -0.2) is 22.4 Å². The lowest BCUT2D eigenvalue weighted by atomic mass is 10.0. The minimum absolute atomic E-state index is 0.279. The first-order valence-electron chi connectivity index (χ1n) is 7.08. The van der Waals surface area contributed by atoms with Crippen LogP contribution >= 0.6 is 11.6 Å². The minimum Gasteiger partial charge on any atom is -0.366 e. The number of anilines is 1. The maximum Gasteiger partial charge on any atom is 0.249 e. The Morgan fingerprint density at radius 2 is 2.08 bits per heavy atom. The highest BCUT2D eigenvalue weighted by molar-refractivity contribution is 6.30. The van der Waals surface area contributed by atoms with Gasteiger partial charge in [-0.15, -0.1) is 0 Å². The van der Waals surface area contributed by atoms with Crippen LogP contribution in [0.2, 0.25) is 5.02 Å². The number of halogens is 1. The van der Waals surface area contributed by atoms with Gasteiger partial charge in [-0.1, -0.05) is 41.0 Å². The van der Waals surface area contributed by atoms with Crippen molar-refractivity contribution in [3.05, 3.63) is 64.8 Å². The fourth-order valence-corrected chi connectivity index (χ4v) is 2.27. The van der Waals surface area contributed by atoms with Crippen molar-refractivity contribution >= 4 is 29.4 Å². The fraction of sp³-hybridized carbons (Fsp3) is 0. The molecule has 3 N–H and O–H groups in total. The normalized spacial score (nSPS) is 10.8. The van der Waals surface area contributed by atoms with Gasteiger partial charge in [0.1, 0.15) is 11.9 Å². The van der Waals surface area contributed by atoms with E-state index in [1.54, 1.807) is 48.5 Å². The summed E-state index contributed by atoms with van der Waals surface area (Å²) < 4.78 is 4.73. The van der Waals surface area contributed by atoms with E-state index < -0.39 is 5.91 Å². The van der Waals surface area contributed by atoms with Gasteiger partial charge in [0.15, 0.2) is 5.69 Å². The highest BCUT2D eigenvalue weighted by Gasteiger charge is 2.16. The SMILES string of the molecule is NC(=O)c1ccccc1-c1nonc1/C=N/ONc1cccc(Cl)c1. The molecule has 0 radical (unpaired) electrons. The zero-order valence-corrected chi connectivity index (χ0v) is 13.5. The van der Waals surface area contributed by atoms with E-state index in [1.807, 2.05) is 0 Å². The summed E-state index contributed by atoms with van der Waals surface area (Å²) in [6, 6.07) is 13.6. The van der Waals surface area contributed by atoms with Crippen molar-refractivity contribution in [2.24, 2.45) is 10.9 Å². The van der Waals surface area contributed by atoms with Crippen LogP contribution in [0.15, 0.2) is 58.3 Å². The summed E-state index contributed by atoms with van der Waals surface area (Å²) in [4.78, 5) is 16.5. The van der Waals surface area contributed by atoms with E-state index in [0.29, 0.717) is 27.5 Å². The van der Waals surface area contributed by atoms with Crippen LogP contribution in [-0.2, 0) is 4.94 Å². The number of nitrogens with one attached hydrogen (secondary N) is 1. The largest absolute Gasteiger partial charge is 0.366 e. The van der Waals surface area contributed by atoms with Crippen molar-refractivity contribution in [2.45, 2.75) is 0 Å². The molecule has 0 atom stereocenters. The number of oxime groups is 1. The van der Waals surface area contributed by atoms with Crippen molar-refractivity contribution in [3.63, 3.8) is 0 Å². The van der Waals surface area contributed by atoms with Crippen LogP contribution in [0.1, 0.15) is 16.1 Å². The van der Waals surface area contributed by atoms with Crippen LogP contribution < -0.4 is 11.2 Å². The van der Waals surface area contributed by atoms with E-state index >= 15 is 0 Å². The molecule has 1 amide bonds. The number of carbonyl (C=O) groups is 1. The van der Waals surface area contributed by atoms with Crippen LogP contribution in [0, 0.1) is 0 Å². The van der Waals surface area contributed by atoms with E-state index in [2.05, 4.69) is 20.9 Å². The predicted molar refractivity (Wildman–Crippen MR) is 92.0 cm³/mol. The lowest BCUT2D eigenvalue weighted by Gasteiger charge is -2.03. The van der Waals surface area contributed by atoms with E-state index in [-0.39, 0.29) is 5.69 Å². The maximum absolute atomic E-state index is 11.5. The quantitative estimate of drug-likeness (QED) is 0.517. The van der Waals surface area contributed by atoms with E-state index in [9.17, 15) is 4.79 Å². The summed E-state index contributed by atoms with van der Waals surface area (Å²) in [5.41, 5.74) is 9.99. The molecule has 0 bridgehead atoms. The van der Waals surface area contributed by atoms with Gasteiger partial charge in [-0.05, 0) is 34.6 Å². The predicted octanol–water partition coefficient (Wildman–Crippen LogP) is 2.87. The molecule has 3 rings (SSSR count). The third kappa shape index (κ3) is 3.93. The van der Waals surface area contributed by atoms with E-state index in [0.717, 1.165) is 0 Å². The van der Waals surface area contributed by atoms with Crippen molar-refractivity contribution in [3.8, 4) is 11.3 Å². The Hall–Kier alpha value is -3.39. The molecular formula is C16H12ClN5O3. The summed E-state index contributed by atoms with van der Waals surface area (Å²) in [5, 5.41) is 11.8. The molecule has 9 heteroatoms. The first-order chi connectivity index (χ1) is 12.1. The second-order valence-corrected chi connectivity index (χ2v) is 5.28. The Labute approximate surface area is 147 Å². The summed E-state index contributed by atoms with van der Waals surface area (Å²) in [5.74, 6) is -0.583. The average molecular weight is 358 g/mol. The summed E-state index contributed by atoms with van der Waals surface area (Å²) in [7, 11) is 0. The van der Waals surface area contributed by atoms with E-state index in [1.165, 1.54) is 6.21 Å². The Morgan fingerprint density at radius 1 is 1.24 bits per heavy atom. The molecule has 1 heterocycles. The number of nitrogens with zero attached hydrogens (tertiary/aromatic N) is 3. The number of carbonyl (C=O) groups excluding carboxylic acids is 1. The number of amides is 1. The fourth-order valence-electron chi connectivity index (χ4n) is 2.08. The number of nitrogens with two attached hydrogens (primary N) is 1. The molecule has 0 aliphatic rings.